The van der Waals surface area contributed by atoms with Crippen LogP contribution in [-0.4, -0.2) is 13.7 Å². The summed E-state index contributed by atoms with van der Waals surface area (Å²) in [7, 11) is 0. The molecule has 0 aliphatic rings. The van der Waals surface area contributed by atoms with Crippen molar-refractivity contribution < 1.29 is 196 Å². The Bertz CT molecular complexity index is 71.6. The van der Waals surface area contributed by atoms with Crippen molar-refractivity contribution in [2.24, 2.45) is 0 Å². The van der Waals surface area contributed by atoms with Gasteiger partial charge >= 0.3 is 209 Å². The van der Waals surface area contributed by atoms with E-state index in [1.54, 1.807) is 0 Å². The van der Waals surface area contributed by atoms with Crippen LogP contribution in [0.25, 0.3) is 0 Å². The molecule has 48 valence electrons. The summed E-state index contributed by atoms with van der Waals surface area (Å²) in [6.45, 7) is 0. The Morgan fingerprint density at radius 1 is 0.500 bits per heavy atom. The van der Waals surface area contributed by atoms with Gasteiger partial charge in [0.25, 0.3) is 0 Å². The molecule has 0 aromatic carbocycles. The largest absolute Gasteiger partial charge is 1.00 e. The van der Waals surface area contributed by atoms with Gasteiger partial charge in [0.2, 0.25) is 0 Å². The summed E-state index contributed by atoms with van der Waals surface area (Å²) in [6.07, 6.45) is 0. The third-order valence-corrected chi connectivity index (χ3v) is 0. The van der Waals surface area contributed by atoms with Crippen molar-refractivity contribution in [3.05, 3.63) is 0 Å². The molecule has 0 amide bonds. The van der Waals surface area contributed by atoms with E-state index in [4.69, 9.17) is 0 Å². The first-order valence-electron chi connectivity index (χ1n) is 1.31. The Kier molecular flexibility index (Phi) is 15.6. The Balaban J connectivity index is -0.0000000600. The second-order valence-corrected chi connectivity index (χ2v) is 3.71. The summed E-state index contributed by atoms with van der Waals surface area (Å²) in [5, 5.41) is 0. The van der Waals surface area contributed by atoms with Crippen LogP contribution in [0.1, 0.15) is 0 Å². The quantitative estimate of drug-likeness (QED) is 0.282. The molecular formula is AlF6Rb3. The fourth-order valence-electron chi connectivity index (χ4n) is 0. The Hall–Kier alpha value is 5.53. The van der Waals surface area contributed by atoms with E-state index < -0.39 is 13.7 Å². The molecule has 0 aliphatic heterocycles. The van der Waals surface area contributed by atoms with Crippen molar-refractivity contribution in [3.63, 3.8) is 0 Å². The van der Waals surface area contributed by atoms with E-state index in [9.17, 15) is 21.1 Å². The second kappa shape index (κ2) is 6.31. The van der Waals surface area contributed by atoms with Gasteiger partial charge in [0, 0.05) is 0 Å². The summed E-state index contributed by atoms with van der Waals surface area (Å²) in [6, 6.07) is 0. The van der Waals surface area contributed by atoms with Crippen LogP contribution in [0.4, 0.5) is 21.1 Å². The van der Waals surface area contributed by atoms with Crippen LogP contribution in [0.3, 0.4) is 0 Å². The number of hydrogen-bond donors (Lipinski definition) is 0. The maximum absolute atomic E-state index is 11.0. The minimum atomic E-state index is -11.0. The van der Waals surface area contributed by atoms with Crippen LogP contribution in [-0.2, 0) is 0 Å². The van der Waals surface area contributed by atoms with Gasteiger partial charge in [0.05, 0.1) is 0 Å². The predicted molar refractivity (Wildman–Crippen MR) is 12.4 cm³/mol. The molecule has 0 aliphatic carbocycles. The fourth-order valence-corrected chi connectivity index (χ4v) is 0. The first-order valence-corrected chi connectivity index (χ1v) is 3.93. The number of rotatable bonds is 0. The van der Waals surface area contributed by atoms with E-state index in [0.29, 0.717) is 0 Å². The summed E-state index contributed by atoms with van der Waals surface area (Å²) >= 11 is -11.0. The predicted octanol–water partition coefficient (Wildman–Crippen LogP) is -6.85. The van der Waals surface area contributed by atoms with Crippen LogP contribution in [0.2, 0.25) is 0 Å². The number of hydrogen-bond acceptors (Lipinski definition) is 0. The molecule has 0 bridgehead atoms. The van der Waals surface area contributed by atoms with Gasteiger partial charge in [-0.1, -0.05) is 0 Å². The van der Waals surface area contributed by atoms with Crippen LogP contribution in [0.15, 0.2) is 0 Å². The summed E-state index contributed by atoms with van der Waals surface area (Å²) in [5.74, 6) is 0. The maximum Gasteiger partial charge on any atom is 1.00 e. The van der Waals surface area contributed by atoms with Crippen LogP contribution < -0.4 is 175 Å². The molecule has 0 fully saturated rings. The van der Waals surface area contributed by atoms with E-state index in [-0.39, 0.29) is 175 Å². The van der Waals surface area contributed by atoms with Gasteiger partial charge in [-0.15, -0.1) is 0 Å². The minimum Gasteiger partial charge on any atom is 1.00 e. The molecular weight excluding hydrogens is 397 g/mol. The van der Waals surface area contributed by atoms with E-state index in [1.165, 1.54) is 0 Å². The third-order valence-electron chi connectivity index (χ3n) is 0. The first-order chi connectivity index (χ1) is 2.45. The monoisotopic (exact) mass is 396 g/mol. The summed E-state index contributed by atoms with van der Waals surface area (Å²) < 4.78 is 59.4. The van der Waals surface area contributed by atoms with Crippen LogP contribution in [0.5, 0.6) is 0 Å². The summed E-state index contributed by atoms with van der Waals surface area (Å²) in [5.41, 5.74) is 0. The topological polar surface area (TPSA) is 0 Å². The molecule has 0 heterocycles. The SMILES string of the molecule is [F][Al-3]([F])([F])([F])([F])[F].[Rb+].[Rb+].[Rb+]. The third kappa shape index (κ3) is 69.5. The minimum absolute atomic E-state index is 0. The molecule has 0 radical (unpaired) electrons. The molecule has 0 rings (SSSR count). The van der Waals surface area contributed by atoms with Crippen molar-refractivity contribution in [2.45, 2.75) is 0 Å². The zero-order valence-electron chi connectivity index (χ0n) is 5.85. The van der Waals surface area contributed by atoms with Gasteiger partial charge in [0.1, 0.15) is 0 Å². The van der Waals surface area contributed by atoms with Gasteiger partial charge in [-0.05, 0) is 0 Å². The molecule has 0 aromatic rings. The molecule has 0 N–H and O–H groups in total. The molecule has 0 saturated heterocycles. The van der Waals surface area contributed by atoms with Crippen molar-refractivity contribution in [2.75, 3.05) is 0 Å². The number of halogens is 6. The van der Waals surface area contributed by atoms with Crippen molar-refractivity contribution in [1.29, 1.82) is 0 Å². The molecule has 0 unspecified atom stereocenters. The Morgan fingerprint density at radius 2 is 0.500 bits per heavy atom. The molecule has 0 atom stereocenters. The molecule has 10 heavy (non-hydrogen) atoms. The van der Waals surface area contributed by atoms with Crippen molar-refractivity contribution in [1.82, 2.24) is 0 Å². The average molecular weight is 397 g/mol. The average Bonchev–Trinajstić information content (AvgIpc) is 0.592. The zero-order valence-corrected chi connectivity index (χ0v) is 21.7. The Labute approximate surface area is 202 Å². The summed E-state index contributed by atoms with van der Waals surface area (Å²) in [4.78, 5) is 0. The molecule has 10 heteroatoms. The second-order valence-electron chi connectivity index (χ2n) is 1.24. The fraction of sp³-hybridized carbons (Fsp3) is 0. The van der Waals surface area contributed by atoms with E-state index in [2.05, 4.69) is 0 Å². The van der Waals surface area contributed by atoms with Crippen molar-refractivity contribution >= 4 is 13.7 Å². The molecule has 0 aromatic heterocycles. The zero-order chi connectivity index (χ0) is 6.41. The van der Waals surface area contributed by atoms with Gasteiger partial charge in [-0.2, -0.15) is 0 Å². The van der Waals surface area contributed by atoms with Gasteiger partial charge < -0.3 is 0 Å². The van der Waals surface area contributed by atoms with Crippen molar-refractivity contribution in [3.8, 4) is 0 Å². The van der Waals surface area contributed by atoms with E-state index in [1.807, 2.05) is 0 Å². The van der Waals surface area contributed by atoms with Crippen LogP contribution in [0, 0.1) is 0 Å². The Morgan fingerprint density at radius 3 is 0.500 bits per heavy atom. The van der Waals surface area contributed by atoms with Gasteiger partial charge in [0.15, 0.2) is 0 Å². The molecule has 0 saturated carbocycles. The smallest absolute Gasteiger partial charge is 1.00 e. The normalized spacial score (nSPS) is 16.2. The standard InChI is InChI=1S/Al.6FH.3Rb/h;6*1H;;;/q+3;;;;;;;3*+1/p-6. The van der Waals surface area contributed by atoms with Gasteiger partial charge in [-0.3, -0.25) is 0 Å². The molecule has 0 nitrogen and oxygen atoms in total. The van der Waals surface area contributed by atoms with E-state index in [0.717, 1.165) is 0 Å². The molecule has 0 spiro atoms. The maximum atomic E-state index is 9.90. The first kappa shape index (κ1) is 24.7. The van der Waals surface area contributed by atoms with Crippen LogP contribution >= 0.6 is 0 Å². The van der Waals surface area contributed by atoms with E-state index >= 15 is 0 Å². The van der Waals surface area contributed by atoms with Gasteiger partial charge in [-0.25, -0.2) is 0 Å².